The fraction of sp³-hybridized carbons (Fsp3) is 0.227. The molecule has 1 aliphatic rings. The van der Waals surface area contributed by atoms with Gasteiger partial charge in [-0.05, 0) is 47.2 Å². The van der Waals surface area contributed by atoms with Crippen molar-refractivity contribution in [2.45, 2.75) is 4.90 Å². The Bertz CT molecular complexity index is 1140. The highest BCUT2D eigenvalue weighted by Gasteiger charge is 2.26. The lowest BCUT2D eigenvalue weighted by molar-refractivity contribution is -0.118. The Kier molecular flexibility index (Phi) is 5.98. The quantitative estimate of drug-likeness (QED) is 0.655. The first-order valence-electron chi connectivity index (χ1n) is 9.62. The van der Waals surface area contributed by atoms with E-state index in [4.69, 9.17) is 9.47 Å². The summed E-state index contributed by atoms with van der Waals surface area (Å²) in [5, 5.41) is 4.85. The molecule has 0 radical (unpaired) electrons. The summed E-state index contributed by atoms with van der Waals surface area (Å²) in [4.78, 5) is 12.4. The number of amides is 1. The van der Waals surface area contributed by atoms with Crippen LogP contribution in [0.25, 0.3) is 10.8 Å². The second-order valence-corrected chi connectivity index (χ2v) is 8.82. The van der Waals surface area contributed by atoms with Crippen LogP contribution < -0.4 is 10.1 Å². The van der Waals surface area contributed by atoms with E-state index in [-0.39, 0.29) is 17.4 Å². The van der Waals surface area contributed by atoms with Gasteiger partial charge < -0.3 is 14.8 Å². The molecule has 0 unspecified atom stereocenters. The minimum Gasteiger partial charge on any atom is -0.484 e. The van der Waals surface area contributed by atoms with Gasteiger partial charge in [-0.1, -0.05) is 30.3 Å². The third-order valence-corrected chi connectivity index (χ3v) is 6.75. The number of benzene rings is 3. The highest BCUT2D eigenvalue weighted by molar-refractivity contribution is 7.89. The molecule has 1 saturated heterocycles. The van der Waals surface area contributed by atoms with Gasteiger partial charge in [-0.2, -0.15) is 4.31 Å². The molecule has 0 saturated carbocycles. The van der Waals surface area contributed by atoms with Crippen LogP contribution in [0.2, 0.25) is 0 Å². The van der Waals surface area contributed by atoms with Crippen LogP contribution in [0.5, 0.6) is 5.75 Å². The molecule has 3 aromatic carbocycles. The van der Waals surface area contributed by atoms with E-state index in [2.05, 4.69) is 5.32 Å². The van der Waals surface area contributed by atoms with Gasteiger partial charge in [-0.15, -0.1) is 0 Å². The maximum Gasteiger partial charge on any atom is 0.262 e. The van der Waals surface area contributed by atoms with Crippen molar-refractivity contribution in [1.29, 1.82) is 0 Å². The van der Waals surface area contributed by atoms with Gasteiger partial charge in [-0.25, -0.2) is 8.42 Å². The van der Waals surface area contributed by atoms with Crippen molar-refractivity contribution in [3.8, 4) is 5.75 Å². The van der Waals surface area contributed by atoms with Crippen LogP contribution in [0.1, 0.15) is 0 Å². The van der Waals surface area contributed by atoms with E-state index in [1.165, 1.54) is 16.4 Å². The van der Waals surface area contributed by atoms with Crippen molar-refractivity contribution in [2.24, 2.45) is 0 Å². The second kappa shape index (κ2) is 8.83. The van der Waals surface area contributed by atoms with Crippen molar-refractivity contribution in [3.63, 3.8) is 0 Å². The van der Waals surface area contributed by atoms with Crippen molar-refractivity contribution < 1.29 is 22.7 Å². The number of hydrogen-bond acceptors (Lipinski definition) is 5. The summed E-state index contributed by atoms with van der Waals surface area (Å²) in [5.41, 5.74) is 0.503. The number of rotatable bonds is 6. The van der Waals surface area contributed by atoms with E-state index >= 15 is 0 Å². The van der Waals surface area contributed by atoms with E-state index in [0.29, 0.717) is 37.7 Å². The predicted octanol–water partition coefficient (Wildman–Crippen LogP) is 2.88. The molecule has 0 bridgehead atoms. The predicted molar refractivity (Wildman–Crippen MR) is 114 cm³/mol. The first kappa shape index (κ1) is 20.3. The zero-order valence-electron chi connectivity index (χ0n) is 16.3. The summed E-state index contributed by atoms with van der Waals surface area (Å²) in [6.45, 7) is 1.32. The Labute approximate surface area is 175 Å². The number of morpholine rings is 1. The Morgan fingerprint density at radius 2 is 1.67 bits per heavy atom. The number of carbonyl (C=O) groups is 1. The zero-order chi connectivity index (χ0) is 21.0. The Morgan fingerprint density at radius 3 is 2.40 bits per heavy atom. The van der Waals surface area contributed by atoms with Gasteiger partial charge in [-0.3, -0.25) is 4.79 Å². The maximum absolute atomic E-state index is 12.6. The molecule has 1 aliphatic heterocycles. The van der Waals surface area contributed by atoms with Crippen LogP contribution in [0.4, 0.5) is 5.69 Å². The Morgan fingerprint density at radius 1 is 0.967 bits per heavy atom. The average Bonchev–Trinajstić information content (AvgIpc) is 2.78. The third kappa shape index (κ3) is 4.62. The smallest absolute Gasteiger partial charge is 0.262 e. The van der Waals surface area contributed by atoms with Crippen molar-refractivity contribution >= 4 is 32.4 Å². The van der Waals surface area contributed by atoms with Gasteiger partial charge in [0.1, 0.15) is 5.75 Å². The lowest BCUT2D eigenvalue weighted by atomic mass is 10.1. The SMILES string of the molecule is O=C(COc1ccc2ccccc2c1)Nc1ccc(S(=O)(=O)N2CCOCC2)cc1. The first-order valence-corrected chi connectivity index (χ1v) is 11.1. The molecular formula is C22H22N2O5S. The maximum atomic E-state index is 12.6. The van der Waals surface area contributed by atoms with Gasteiger partial charge in [0.05, 0.1) is 18.1 Å². The third-order valence-electron chi connectivity index (χ3n) is 4.84. The number of nitrogens with zero attached hydrogens (tertiary/aromatic N) is 1. The molecule has 156 valence electrons. The van der Waals surface area contributed by atoms with E-state index < -0.39 is 10.0 Å². The molecule has 1 amide bonds. The Balaban J connectivity index is 1.35. The molecule has 0 aliphatic carbocycles. The fourth-order valence-electron chi connectivity index (χ4n) is 3.25. The number of hydrogen-bond donors (Lipinski definition) is 1. The molecule has 30 heavy (non-hydrogen) atoms. The highest BCUT2D eigenvalue weighted by Crippen LogP contribution is 2.21. The van der Waals surface area contributed by atoms with Crippen LogP contribution in [0.3, 0.4) is 0 Å². The van der Waals surface area contributed by atoms with Crippen LogP contribution in [0.15, 0.2) is 71.6 Å². The standard InChI is InChI=1S/C22H22N2O5S/c25-22(16-29-20-8-5-17-3-1-2-4-18(17)15-20)23-19-6-9-21(10-7-19)30(26,27)24-11-13-28-14-12-24/h1-10,15H,11-14,16H2,(H,23,25). The van der Waals surface area contributed by atoms with E-state index in [9.17, 15) is 13.2 Å². The van der Waals surface area contributed by atoms with E-state index in [1.807, 2.05) is 42.5 Å². The summed E-state index contributed by atoms with van der Waals surface area (Å²) in [6, 6.07) is 19.7. The number of anilines is 1. The Hall–Kier alpha value is -2.94. The first-order chi connectivity index (χ1) is 14.5. The molecule has 7 nitrogen and oxygen atoms in total. The van der Waals surface area contributed by atoms with Crippen molar-refractivity contribution in [1.82, 2.24) is 4.31 Å². The molecule has 0 spiro atoms. The van der Waals surface area contributed by atoms with Gasteiger partial charge in [0.25, 0.3) is 5.91 Å². The molecule has 8 heteroatoms. The van der Waals surface area contributed by atoms with Crippen LogP contribution in [-0.2, 0) is 19.6 Å². The molecule has 3 aromatic rings. The highest BCUT2D eigenvalue weighted by atomic mass is 32.2. The minimum atomic E-state index is -3.56. The largest absolute Gasteiger partial charge is 0.484 e. The van der Waals surface area contributed by atoms with Crippen LogP contribution in [0, 0.1) is 0 Å². The summed E-state index contributed by atoms with van der Waals surface area (Å²) < 4.78 is 37.5. The van der Waals surface area contributed by atoms with Gasteiger partial charge >= 0.3 is 0 Å². The molecule has 4 rings (SSSR count). The molecule has 1 N–H and O–H groups in total. The van der Waals surface area contributed by atoms with Crippen LogP contribution >= 0.6 is 0 Å². The van der Waals surface area contributed by atoms with Crippen molar-refractivity contribution in [3.05, 3.63) is 66.7 Å². The summed E-state index contributed by atoms with van der Waals surface area (Å²) >= 11 is 0. The van der Waals surface area contributed by atoms with Gasteiger partial charge in [0.15, 0.2) is 6.61 Å². The summed E-state index contributed by atoms with van der Waals surface area (Å²) in [6.07, 6.45) is 0. The fourth-order valence-corrected chi connectivity index (χ4v) is 4.66. The van der Waals surface area contributed by atoms with Gasteiger partial charge in [0, 0.05) is 18.8 Å². The number of carbonyl (C=O) groups excluding carboxylic acids is 1. The number of sulfonamides is 1. The van der Waals surface area contributed by atoms with Crippen LogP contribution in [-0.4, -0.2) is 51.5 Å². The summed E-state index contributed by atoms with van der Waals surface area (Å²) in [7, 11) is -3.56. The molecule has 0 atom stereocenters. The second-order valence-electron chi connectivity index (χ2n) is 6.89. The van der Waals surface area contributed by atoms with Crippen molar-refractivity contribution in [2.75, 3.05) is 38.2 Å². The monoisotopic (exact) mass is 426 g/mol. The van der Waals surface area contributed by atoms with Gasteiger partial charge in [0.2, 0.25) is 10.0 Å². The number of fused-ring (bicyclic) bond motifs is 1. The molecular weight excluding hydrogens is 404 g/mol. The zero-order valence-corrected chi connectivity index (χ0v) is 17.1. The van der Waals surface area contributed by atoms with E-state index in [1.54, 1.807) is 12.1 Å². The molecule has 1 fully saturated rings. The number of ether oxygens (including phenoxy) is 2. The average molecular weight is 426 g/mol. The van der Waals surface area contributed by atoms with E-state index in [0.717, 1.165) is 10.8 Å². The lowest BCUT2D eigenvalue weighted by Gasteiger charge is -2.26. The normalized spacial score (nSPS) is 15.1. The number of nitrogens with one attached hydrogen (secondary N) is 1. The topological polar surface area (TPSA) is 84.9 Å². The molecule has 1 heterocycles. The lowest BCUT2D eigenvalue weighted by Crippen LogP contribution is -2.40. The minimum absolute atomic E-state index is 0.147. The summed E-state index contributed by atoms with van der Waals surface area (Å²) in [5.74, 6) is 0.280. The molecule has 0 aromatic heterocycles.